The van der Waals surface area contributed by atoms with Gasteiger partial charge in [-0.25, -0.2) is 9.67 Å². The molecule has 0 aliphatic carbocycles. The highest BCUT2D eigenvalue weighted by molar-refractivity contribution is 5.96. The number of fused-ring (bicyclic) bond motifs is 1. The first-order valence-electron chi connectivity index (χ1n) is 9.95. The smallest absolute Gasteiger partial charge is 0.252 e. The van der Waals surface area contributed by atoms with Crippen LogP contribution < -0.4 is 5.32 Å². The van der Waals surface area contributed by atoms with Crippen molar-refractivity contribution in [2.45, 2.75) is 39.8 Å². The summed E-state index contributed by atoms with van der Waals surface area (Å²) >= 11 is 0. The van der Waals surface area contributed by atoms with Crippen molar-refractivity contribution in [2.75, 3.05) is 19.6 Å². The molecule has 0 aliphatic heterocycles. The van der Waals surface area contributed by atoms with E-state index in [9.17, 15) is 4.79 Å². The molecule has 0 saturated heterocycles. The van der Waals surface area contributed by atoms with E-state index in [1.807, 2.05) is 28.9 Å². The average molecular weight is 380 g/mol. The summed E-state index contributed by atoms with van der Waals surface area (Å²) in [5.74, 6) is -0.111. The molecule has 6 heteroatoms. The summed E-state index contributed by atoms with van der Waals surface area (Å²) in [5.41, 5.74) is 2.57. The van der Waals surface area contributed by atoms with Crippen LogP contribution in [0.5, 0.6) is 0 Å². The fourth-order valence-electron chi connectivity index (χ4n) is 3.53. The predicted octanol–water partition coefficient (Wildman–Crippen LogP) is 3.83. The van der Waals surface area contributed by atoms with Crippen LogP contribution in [0, 0.1) is 0 Å². The van der Waals surface area contributed by atoms with Gasteiger partial charge in [0.1, 0.15) is 0 Å². The van der Waals surface area contributed by atoms with Gasteiger partial charge in [-0.15, -0.1) is 0 Å². The summed E-state index contributed by atoms with van der Waals surface area (Å²) in [6, 6.07) is 12.5. The molecule has 1 atom stereocenters. The monoisotopic (exact) mass is 379 g/mol. The van der Waals surface area contributed by atoms with Gasteiger partial charge in [-0.1, -0.05) is 44.2 Å². The lowest BCUT2D eigenvalue weighted by atomic mass is 10.0. The average Bonchev–Trinajstić information content (AvgIpc) is 3.15. The summed E-state index contributed by atoms with van der Waals surface area (Å²) in [7, 11) is 0. The first-order chi connectivity index (χ1) is 13.5. The zero-order chi connectivity index (χ0) is 20.1. The molecule has 1 N–H and O–H groups in total. The molecule has 3 rings (SSSR count). The zero-order valence-corrected chi connectivity index (χ0v) is 17.1. The molecule has 0 saturated carbocycles. The Kier molecular flexibility index (Phi) is 6.41. The minimum absolute atomic E-state index is 0.111. The lowest BCUT2D eigenvalue weighted by Gasteiger charge is -2.30. The van der Waals surface area contributed by atoms with Gasteiger partial charge in [0.2, 0.25) is 0 Å². The van der Waals surface area contributed by atoms with Crippen LogP contribution in [-0.2, 0) is 0 Å². The van der Waals surface area contributed by atoms with Gasteiger partial charge in [0.15, 0.2) is 5.65 Å². The maximum absolute atomic E-state index is 12.8. The molecular weight excluding hydrogens is 350 g/mol. The fraction of sp³-hybridized carbons (Fsp3) is 0.409. The summed E-state index contributed by atoms with van der Waals surface area (Å²) in [6.07, 6.45) is 3.40. The quantitative estimate of drug-likeness (QED) is 0.646. The van der Waals surface area contributed by atoms with Crippen molar-refractivity contribution in [1.29, 1.82) is 0 Å². The van der Waals surface area contributed by atoms with Crippen LogP contribution in [0.2, 0.25) is 0 Å². The van der Waals surface area contributed by atoms with Crippen LogP contribution in [0.15, 0.2) is 48.8 Å². The molecule has 6 nitrogen and oxygen atoms in total. The molecule has 0 bridgehead atoms. The summed E-state index contributed by atoms with van der Waals surface area (Å²) < 4.78 is 1.86. The van der Waals surface area contributed by atoms with Gasteiger partial charge < -0.3 is 5.32 Å². The number of amides is 1. The Morgan fingerprint density at radius 3 is 2.50 bits per heavy atom. The van der Waals surface area contributed by atoms with E-state index in [1.54, 1.807) is 12.4 Å². The van der Waals surface area contributed by atoms with Crippen molar-refractivity contribution in [3.8, 4) is 0 Å². The second-order valence-corrected chi connectivity index (χ2v) is 7.18. The molecule has 1 aromatic carbocycles. The molecule has 2 heterocycles. The lowest BCUT2D eigenvalue weighted by molar-refractivity contribution is 0.0934. The first-order valence-corrected chi connectivity index (χ1v) is 9.95. The van der Waals surface area contributed by atoms with Gasteiger partial charge in [0, 0.05) is 24.2 Å². The van der Waals surface area contributed by atoms with Crippen LogP contribution in [0.4, 0.5) is 0 Å². The van der Waals surface area contributed by atoms with Gasteiger partial charge in [-0.2, -0.15) is 5.10 Å². The van der Waals surface area contributed by atoms with Crippen molar-refractivity contribution in [3.05, 3.63) is 59.9 Å². The van der Waals surface area contributed by atoms with E-state index in [2.05, 4.69) is 60.1 Å². The fourth-order valence-corrected chi connectivity index (χ4v) is 3.53. The standard InChI is InChI=1S/C22H29N5O/c1-5-26(6-2)20(17-10-8-7-9-11-17)15-24-22(28)19-12-18-14-25-27(16(3)4)21(18)23-13-19/h7-14,16,20H,5-6,15H2,1-4H3,(H,24,28). The molecule has 0 fully saturated rings. The molecule has 0 radical (unpaired) electrons. The number of carbonyl (C=O) groups is 1. The molecule has 148 valence electrons. The number of nitrogens with one attached hydrogen (secondary N) is 1. The molecular formula is C22H29N5O. The normalized spacial score (nSPS) is 12.6. The Bertz CT molecular complexity index is 915. The van der Waals surface area contributed by atoms with Crippen LogP contribution in [0.3, 0.4) is 0 Å². The Labute approximate surface area is 166 Å². The van der Waals surface area contributed by atoms with Crippen LogP contribution in [-0.4, -0.2) is 45.2 Å². The van der Waals surface area contributed by atoms with E-state index in [0.29, 0.717) is 12.1 Å². The van der Waals surface area contributed by atoms with Crippen molar-refractivity contribution in [1.82, 2.24) is 25.0 Å². The third-order valence-corrected chi connectivity index (χ3v) is 5.08. The minimum Gasteiger partial charge on any atom is -0.350 e. The maximum Gasteiger partial charge on any atom is 0.252 e. The number of nitrogens with zero attached hydrogens (tertiary/aromatic N) is 4. The molecule has 1 amide bonds. The van der Waals surface area contributed by atoms with E-state index < -0.39 is 0 Å². The van der Waals surface area contributed by atoms with Crippen molar-refractivity contribution >= 4 is 16.9 Å². The zero-order valence-electron chi connectivity index (χ0n) is 17.1. The Morgan fingerprint density at radius 1 is 1.14 bits per heavy atom. The maximum atomic E-state index is 12.8. The summed E-state index contributed by atoms with van der Waals surface area (Å²) in [6.45, 7) is 10.8. The van der Waals surface area contributed by atoms with Crippen molar-refractivity contribution in [3.63, 3.8) is 0 Å². The topological polar surface area (TPSA) is 63.1 Å². The van der Waals surface area contributed by atoms with E-state index >= 15 is 0 Å². The first kappa shape index (κ1) is 20.0. The van der Waals surface area contributed by atoms with Crippen molar-refractivity contribution < 1.29 is 4.79 Å². The van der Waals surface area contributed by atoms with Crippen LogP contribution in [0.1, 0.15) is 55.7 Å². The van der Waals surface area contributed by atoms with Crippen LogP contribution >= 0.6 is 0 Å². The number of aromatic nitrogens is 3. The van der Waals surface area contributed by atoms with Gasteiger partial charge in [-0.3, -0.25) is 9.69 Å². The summed E-state index contributed by atoms with van der Waals surface area (Å²) in [5, 5.41) is 8.34. The highest BCUT2D eigenvalue weighted by Gasteiger charge is 2.19. The van der Waals surface area contributed by atoms with Crippen LogP contribution in [0.25, 0.3) is 11.0 Å². The van der Waals surface area contributed by atoms with Gasteiger partial charge in [-0.05, 0) is 38.6 Å². The van der Waals surface area contributed by atoms with Gasteiger partial charge in [0.25, 0.3) is 5.91 Å². The lowest BCUT2D eigenvalue weighted by Crippen LogP contribution is -2.38. The number of rotatable bonds is 8. The molecule has 28 heavy (non-hydrogen) atoms. The highest BCUT2D eigenvalue weighted by Crippen LogP contribution is 2.20. The number of hydrogen-bond acceptors (Lipinski definition) is 4. The SMILES string of the molecule is CCN(CC)C(CNC(=O)c1cnc2c(cnn2C(C)C)c1)c1ccccc1. The third-order valence-electron chi connectivity index (χ3n) is 5.08. The highest BCUT2D eigenvalue weighted by atomic mass is 16.1. The Hall–Kier alpha value is -2.73. The molecule has 0 spiro atoms. The second-order valence-electron chi connectivity index (χ2n) is 7.18. The van der Waals surface area contributed by atoms with E-state index in [4.69, 9.17) is 0 Å². The van der Waals surface area contributed by atoms with Gasteiger partial charge >= 0.3 is 0 Å². The second kappa shape index (κ2) is 8.97. The Balaban J connectivity index is 1.76. The van der Waals surface area contributed by atoms with E-state index in [-0.39, 0.29) is 18.0 Å². The molecule has 1 unspecified atom stereocenters. The largest absolute Gasteiger partial charge is 0.350 e. The number of benzene rings is 1. The minimum atomic E-state index is -0.111. The summed E-state index contributed by atoms with van der Waals surface area (Å²) in [4.78, 5) is 19.6. The third kappa shape index (κ3) is 4.22. The molecule has 2 aromatic heterocycles. The van der Waals surface area contributed by atoms with E-state index in [1.165, 1.54) is 5.56 Å². The number of hydrogen-bond donors (Lipinski definition) is 1. The molecule has 0 aliphatic rings. The number of likely N-dealkylation sites (N-methyl/N-ethyl adjacent to an activating group) is 1. The van der Waals surface area contributed by atoms with Crippen molar-refractivity contribution in [2.24, 2.45) is 0 Å². The predicted molar refractivity (Wildman–Crippen MR) is 112 cm³/mol. The number of carbonyl (C=O) groups excluding carboxylic acids is 1. The van der Waals surface area contributed by atoms with E-state index in [0.717, 1.165) is 24.1 Å². The number of pyridine rings is 1. The Morgan fingerprint density at radius 2 is 1.86 bits per heavy atom. The molecule has 3 aromatic rings. The van der Waals surface area contributed by atoms with Gasteiger partial charge in [0.05, 0.1) is 17.8 Å².